The van der Waals surface area contributed by atoms with E-state index in [1.165, 1.54) is 23.3 Å². The number of pyridine rings is 1. The molecule has 1 heterocycles. The lowest BCUT2D eigenvalue weighted by Gasteiger charge is -2.29. The van der Waals surface area contributed by atoms with Crippen molar-refractivity contribution in [3.63, 3.8) is 0 Å². The summed E-state index contributed by atoms with van der Waals surface area (Å²) in [7, 11) is 4.14. The Bertz CT molecular complexity index is 407. The standard InChI is InChI=1S/C15H27N3S/c1-11-9-12(2)17-15(14(11)10-16-4)18(5)13(3)7-8-19-6/h9,13,16H,7-8,10H2,1-6H3. The molecule has 0 aliphatic carbocycles. The largest absolute Gasteiger partial charge is 0.357 e. The van der Waals surface area contributed by atoms with E-state index >= 15 is 0 Å². The Morgan fingerprint density at radius 1 is 1.42 bits per heavy atom. The number of aryl methyl sites for hydroxylation is 2. The van der Waals surface area contributed by atoms with E-state index in [0.717, 1.165) is 18.1 Å². The molecule has 1 aromatic heterocycles. The Balaban J connectivity index is 3.02. The summed E-state index contributed by atoms with van der Waals surface area (Å²) in [5, 5.41) is 3.25. The summed E-state index contributed by atoms with van der Waals surface area (Å²) in [4.78, 5) is 7.08. The molecule has 0 spiro atoms. The maximum absolute atomic E-state index is 4.76. The van der Waals surface area contributed by atoms with Crippen LogP contribution < -0.4 is 10.2 Å². The minimum absolute atomic E-state index is 0.511. The molecule has 108 valence electrons. The smallest absolute Gasteiger partial charge is 0.133 e. The van der Waals surface area contributed by atoms with Gasteiger partial charge in [-0.3, -0.25) is 0 Å². The van der Waals surface area contributed by atoms with Gasteiger partial charge in [0.15, 0.2) is 0 Å². The molecule has 1 rings (SSSR count). The Hall–Kier alpha value is -0.740. The molecular formula is C15H27N3S. The van der Waals surface area contributed by atoms with Crippen LogP contribution in [-0.2, 0) is 6.54 Å². The SMILES string of the molecule is CNCc1c(C)cc(C)nc1N(C)C(C)CCSC. The van der Waals surface area contributed by atoms with Gasteiger partial charge in [0.2, 0.25) is 0 Å². The molecule has 0 aromatic carbocycles. The highest BCUT2D eigenvalue weighted by Crippen LogP contribution is 2.24. The van der Waals surface area contributed by atoms with Gasteiger partial charge in [0.05, 0.1) is 0 Å². The second-order valence-corrected chi connectivity index (χ2v) is 6.14. The minimum Gasteiger partial charge on any atom is -0.357 e. The molecule has 0 bridgehead atoms. The zero-order valence-electron chi connectivity index (χ0n) is 13.1. The van der Waals surface area contributed by atoms with Crippen LogP contribution in [0.3, 0.4) is 0 Å². The van der Waals surface area contributed by atoms with Crippen LogP contribution in [0, 0.1) is 13.8 Å². The van der Waals surface area contributed by atoms with Crippen LogP contribution in [0.2, 0.25) is 0 Å². The van der Waals surface area contributed by atoms with Gasteiger partial charge in [-0.15, -0.1) is 0 Å². The first-order valence-electron chi connectivity index (χ1n) is 6.84. The molecule has 0 saturated heterocycles. The summed E-state index contributed by atoms with van der Waals surface area (Å²) in [6, 6.07) is 2.67. The predicted molar refractivity (Wildman–Crippen MR) is 87.3 cm³/mol. The van der Waals surface area contributed by atoms with Gasteiger partial charge in [-0.05, 0) is 57.9 Å². The van der Waals surface area contributed by atoms with E-state index in [4.69, 9.17) is 4.98 Å². The zero-order chi connectivity index (χ0) is 14.4. The average Bonchev–Trinajstić information content (AvgIpc) is 2.38. The van der Waals surface area contributed by atoms with Crippen molar-refractivity contribution in [2.45, 2.75) is 39.8 Å². The quantitative estimate of drug-likeness (QED) is 0.831. The molecule has 0 saturated carbocycles. The van der Waals surface area contributed by atoms with Gasteiger partial charge in [0, 0.05) is 30.9 Å². The Morgan fingerprint density at radius 3 is 2.68 bits per heavy atom. The Labute approximate surface area is 122 Å². The monoisotopic (exact) mass is 281 g/mol. The Morgan fingerprint density at radius 2 is 2.11 bits per heavy atom. The van der Waals surface area contributed by atoms with E-state index < -0.39 is 0 Å². The van der Waals surface area contributed by atoms with Crippen molar-refractivity contribution < 1.29 is 0 Å². The number of anilines is 1. The maximum Gasteiger partial charge on any atom is 0.133 e. The summed E-state index contributed by atoms with van der Waals surface area (Å²) in [6.07, 6.45) is 3.35. The van der Waals surface area contributed by atoms with Crippen LogP contribution in [0.15, 0.2) is 6.07 Å². The third-order valence-electron chi connectivity index (χ3n) is 3.54. The molecule has 1 atom stereocenters. The molecule has 4 heteroatoms. The normalized spacial score (nSPS) is 12.5. The molecule has 19 heavy (non-hydrogen) atoms. The average molecular weight is 281 g/mol. The summed E-state index contributed by atoms with van der Waals surface area (Å²) >= 11 is 1.90. The van der Waals surface area contributed by atoms with Gasteiger partial charge in [-0.2, -0.15) is 11.8 Å². The highest BCUT2D eigenvalue weighted by atomic mass is 32.2. The van der Waals surface area contributed by atoms with Crippen molar-refractivity contribution in [1.82, 2.24) is 10.3 Å². The van der Waals surface area contributed by atoms with E-state index in [-0.39, 0.29) is 0 Å². The van der Waals surface area contributed by atoms with E-state index in [9.17, 15) is 0 Å². The van der Waals surface area contributed by atoms with Crippen LogP contribution in [0.5, 0.6) is 0 Å². The fraction of sp³-hybridized carbons (Fsp3) is 0.667. The number of hydrogen-bond donors (Lipinski definition) is 1. The summed E-state index contributed by atoms with van der Waals surface area (Å²) < 4.78 is 0. The van der Waals surface area contributed by atoms with Gasteiger partial charge in [0.1, 0.15) is 5.82 Å². The molecule has 0 radical (unpaired) electrons. The third kappa shape index (κ3) is 4.39. The molecule has 1 unspecified atom stereocenters. The lowest BCUT2D eigenvalue weighted by Crippen LogP contribution is -2.32. The molecule has 0 fully saturated rings. The third-order valence-corrected chi connectivity index (χ3v) is 4.19. The molecular weight excluding hydrogens is 254 g/mol. The predicted octanol–water partition coefficient (Wildman–Crippen LogP) is 3.00. The molecule has 0 amide bonds. The highest BCUT2D eigenvalue weighted by molar-refractivity contribution is 7.98. The summed E-state index contributed by atoms with van der Waals surface area (Å²) in [5.74, 6) is 2.32. The maximum atomic E-state index is 4.76. The van der Waals surface area contributed by atoms with E-state index in [0.29, 0.717) is 6.04 Å². The molecule has 0 aliphatic rings. The van der Waals surface area contributed by atoms with Gasteiger partial charge in [-0.1, -0.05) is 0 Å². The van der Waals surface area contributed by atoms with Crippen LogP contribution in [-0.4, -0.2) is 37.1 Å². The van der Waals surface area contributed by atoms with E-state index in [1.807, 2.05) is 18.8 Å². The van der Waals surface area contributed by atoms with Gasteiger partial charge >= 0.3 is 0 Å². The van der Waals surface area contributed by atoms with Crippen molar-refractivity contribution in [1.29, 1.82) is 0 Å². The van der Waals surface area contributed by atoms with Crippen molar-refractivity contribution in [2.75, 3.05) is 31.0 Å². The van der Waals surface area contributed by atoms with Gasteiger partial charge < -0.3 is 10.2 Å². The first-order chi connectivity index (χ1) is 9.01. The van der Waals surface area contributed by atoms with Crippen molar-refractivity contribution >= 4 is 17.6 Å². The fourth-order valence-electron chi connectivity index (χ4n) is 2.22. The number of rotatable bonds is 7. The molecule has 0 aliphatic heterocycles. The fourth-order valence-corrected chi connectivity index (χ4v) is 2.80. The molecule has 1 N–H and O–H groups in total. The second-order valence-electron chi connectivity index (χ2n) is 5.15. The van der Waals surface area contributed by atoms with Gasteiger partial charge in [-0.25, -0.2) is 4.98 Å². The van der Waals surface area contributed by atoms with Crippen LogP contribution in [0.1, 0.15) is 30.2 Å². The van der Waals surface area contributed by atoms with Crippen LogP contribution >= 0.6 is 11.8 Å². The highest BCUT2D eigenvalue weighted by Gasteiger charge is 2.16. The van der Waals surface area contributed by atoms with Crippen molar-refractivity contribution in [3.8, 4) is 0 Å². The van der Waals surface area contributed by atoms with E-state index in [2.05, 4.69) is 50.4 Å². The minimum atomic E-state index is 0.511. The lowest BCUT2D eigenvalue weighted by molar-refractivity contribution is 0.654. The lowest BCUT2D eigenvalue weighted by atomic mass is 10.1. The number of nitrogens with zero attached hydrogens (tertiary/aromatic N) is 2. The van der Waals surface area contributed by atoms with Crippen LogP contribution in [0.25, 0.3) is 0 Å². The first kappa shape index (κ1) is 16.3. The Kier molecular flexibility index (Phi) is 6.66. The zero-order valence-corrected chi connectivity index (χ0v) is 13.9. The molecule has 1 aromatic rings. The topological polar surface area (TPSA) is 28.2 Å². The first-order valence-corrected chi connectivity index (χ1v) is 8.24. The number of aromatic nitrogens is 1. The molecule has 3 nitrogen and oxygen atoms in total. The van der Waals surface area contributed by atoms with Crippen molar-refractivity contribution in [3.05, 3.63) is 22.9 Å². The summed E-state index contributed by atoms with van der Waals surface area (Å²) in [5.41, 5.74) is 3.73. The summed E-state index contributed by atoms with van der Waals surface area (Å²) in [6.45, 7) is 7.39. The van der Waals surface area contributed by atoms with Crippen LogP contribution in [0.4, 0.5) is 5.82 Å². The van der Waals surface area contributed by atoms with Gasteiger partial charge in [0.25, 0.3) is 0 Å². The number of hydrogen-bond acceptors (Lipinski definition) is 4. The number of nitrogens with one attached hydrogen (secondary N) is 1. The van der Waals surface area contributed by atoms with E-state index in [1.54, 1.807) is 0 Å². The van der Waals surface area contributed by atoms with Crippen molar-refractivity contribution in [2.24, 2.45) is 0 Å². The number of thioether (sulfide) groups is 1. The second kappa shape index (κ2) is 7.75.